The van der Waals surface area contributed by atoms with Crippen molar-refractivity contribution in [3.8, 4) is 0 Å². The van der Waals surface area contributed by atoms with E-state index in [4.69, 9.17) is 19.1 Å². The number of rotatable bonds is 5. The highest BCUT2D eigenvalue weighted by Gasteiger charge is 2.33. The van der Waals surface area contributed by atoms with Crippen molar-refractivity contribution < 1.29 is 28.8 Å². The average molecular weight is 287 g/mol. The highest BCUT2D eigenvalue weighted by Crippen LogP contribution is 2.27. The van der Waals surface area contributed by atoms with Crippen LogP contribution in [-0.4, -0.2) is 34.1 Å². The van der Waals surface area contributed by atoms with Gasteiger partial charge in [-0.2, -0.15) is 0 Å². The number of nitrogens with zero attached hydrogens (tertiary/aromatic N) is 1. The Balaban J connectivity index is 2.82. The van der Waals surface area contributed by atoms with E-state index < -0.39 is 31.8 Å². The van der Waals surface area contributed by atoms with Crippen molar-refractivity contribution in [2.75, 3.05) is 0 Å². The minimum absolute atomic E-state index is 0.182. The number of nitro groups is 1. The second kappa shape index (κ2) is 5.89. The molecule has 0 saturated carbocycles. The van der Waals surface area contributed by atoms with Crippen LogP contribution >= 0.6 is 0 Å². The number of hydrogen-bond acceptors (Lipinski definition) is 7. The zero-order chi connectivity index (χ0) is 14.6. The molecule has 1 unspecified atom stereocenters. The first kappa shape index (κ1) is 15.2. The van der Waals surface area contributed by atoms with Gasteiger partial charge in [-0.1, -0.05) is 12.1 Å². The van der Waals surface area contributed by atoms with E-state index in [1.165, 1.54) is 25.1 Å². The minimum atomic E-state index is -4.53. The molecule has 0 aliphatic carbocycles. The summed E-state index contributed by atoms with van der Waals surface area (Å²) in [4.78, 5) is 47.7. The van der Waals surface area contributed by atoms with Crippen LogP contribution in [0.5, 0.6) is 0 Å². The second-order valence-electron chi connectivity index (χ2n) is 3.90. The van der Waals surface area contributed by atoms with E-state index in [1.54, 1.807) is 6.07 Å². The molecule has 0 bridgehead atoms. The molecule has 9 heteroatoms. The van der Waals surface area contributed by atoms with Gasteiger partial charge in [-0.25, -0.2) is 0 Å². The number of para-hydroxylation sites is 1. The third kappa shape index (κ3) is 4.75. The molecule has 0 aliphatic heterocycles. The molecule has 8 nitrogen and oxygen atoms in total. The summed E-state index contributed by atoms with van der Waals surface area (Å²) in [6, 6.07) is 4.80. The molecule has 1 aromatic carbocycles. The van der Waals surface area contributed by atoms with E-state index in [2.05, 4.69) is 0 Å². The van der Waals surface area contributed by atoms with E-state index in [0.29, 0.717) is 0 Å². The normalized spacial score (nSPS) is 12.8. The highest BCUT2D eigenvalue weighted by atomic mass is 28.4. The van der Waals surface area contributed by atoms with Gasteiger partial charge in [0.25, 0.3) is 5.69 Å². The summed E-state index contributed by atoms with van der Waals surface area (Å²) < 4.78 is 4.81. The summed E-state index contributed by atoms with van der Waals surface area (Å²) in [5, 5.41) is 10.8. The Morgan fingerprint density at radius 3 is 2.53 bits per heavy atom. The van der Waals surface area contributed by atoms with Gasteiger partial charge in [0.15, 0.2) is 0 Å². The van der Waals surface area contributed by atoms with Gasteiger partial charge in [0.2, 0.25) is 0 Å². The van der Waals surface area contributed by atoms with E-state index in [9.17, 15) is 14.9 Å². The van der Waals surface area contributed by atoms with Crippen LogP contribution < -0.4 is 0 Å². The van der Waals surface area contributed by atoms with E-state index >= 15 is 0 Å². The monoisotopic (exact) mass is 287 g/mol. The maximum absolute atomic E-state index is 11.3. The third-order valence-corrected chi connectivity index (χ3v) is 3.02. The zero-order valence-corrected chi connectivity index (χ0v) is 11.0. The quantitative estimate of drug-likeness (QED) is 0.303. The standard InChI is InChI=1S/C10H13NO7Si/c1-7(18-10(12)6-19(15,16)17)8-4-2-3-5-9(8)11(13)14/h2-5,7,15-17H,6H2,1H3. The third-order valence-electron chi connectivity index (χ3n) is 2.26. The van der Waals surface area contributed by atoms with Crippen LogP contribution in [0.1, 0.15) is 18.6 Å². The van der Waals surface area contributed by atoms with Gasteiger partial charge in [-0.15, -0.1) is 0 Å². The molecule has 1 rings (SSSR count). The van der Waals surface area contributed by atoms with Crippen LogP contribution in [0.25, 0.3) is 0 Å². The summed E-state index contributed by atoms with van der Waals surface area (Å²) in [5.74, 6) is -1.04. The van der Waals surface area contributed by atoms with Crippen molar-refractivity contribution in [1.29, 1.82) is 0 Å². The van der Waals surface area contributed by atoms with Crippen LogP contribution in [0.2, 0.25) is 6.04 Å². The number of hydrogen-bond donors (Lipinski definition) is 3. The van der Waals surface area contributed by atoms with Crippen molar-refractivity contribution in [2.24, 2.45) is 0 Å². The Hall–Kier alpha value is -1.81. The molecule has 1 atom stereocenters. The maximum Gasteiger partial charge on any atom is 0.504 e. The maximum atomic E-state index is 11.3. The summed E-state index contributed by atoms with van der Waals surface area (Å²) >= 11 is 0. The van der Waals surface area contributed by atoms with Crippen LogP contribution in [0, 0.1) is 10.1 Å². The molecule has 0 aliphatic rings. The predicted octanol–water partition coefficient (Wildman–Crippen LogP) is 0.115. The topological polar surface area (TPSA) is 130 Å². The van der Waals surface area contributed by atoms with Gasteiger partial charge in [0.05, 0.1) is 10.5 Å². The Kier molecular flexibility index (Phi) is 4.72. The predicted molar refractivity (Wildman–Crippen MR) is 64.8 cm³/mol. The molecule has 0 aromatic heterocycles. The van der Waals surface area contributed by atoms with Crippen LogP contribution in [-0.2, 0) is 9.53 Å². The average Bonchev–Trinajstić information content (AvgIpc) is 2.26. The summed E-state index contributed by atoms with van der Waals surface area (Å²) in [6.45, 7) is 1.41. The first-order valence-electron chi connectivity index (χ1n) is 5.30. The van der Waals surface area contributed by atoms with E-state index in [1.807, 2.05) is 0 Å². The lowest BCUT2D eigenvalue weighted by Gasteiger charge is -2.15. The second-order valence-corrected chi connectivity index (χ2v) is 5.80. The van der Waals surface area contributed by atoms with Crippen molar-refractivity contribution in [3.63, 3.8) is 0 Å². The fraction of sp³-hybridized carbons (Fsp3) is 0.300. The van der Waals surface area contributed by atoms with Gasteiger partial charge in [-0.05, 0) is 13.0 Å². The van der Waals surface area contributed by atoms with Gasteiger partial charge < -0.3 is 19.1 Å². The molecule has 19 heavy (non-hydrogen) atoms. The molecule has 0 amide bonds. The van der Waals surface area contributed by atoms with Crippen molar-refractivity contribution in [3.05, 3.63) is 39.9 Å². The van der Waals surface area contributed by atoms with Crippen molar-refractivity contribution in [1.82, 2.24) is 0 Å². The van der Waals surface area contributed by atoms with Crippen molar-refractivity contribution >= 4 is 20.5 Å². The van der Waals surface area contributed by atoms with Crippen LogP contribution in [0.4, 0.5) is 5.69 Å². The molecule has 0 saturated heterocycles. The first-order chi connectivity index (χ1) is 8.70. The number of nitro benzene ring substituents is 1. The highest BCUT2D eigenvalue weighted by molar-refractivity contribution is 6.59. The lowest BCUT2D eigenvalue weighted by molar-refractivity contribution is -0.386. The number of benzene rings is 1. The van der Waals surface area contributed by atoms with Crippen LogP contribution in [0.3, 0.4) is 0 Å². The molecule has 0 heterocycles. The fourth-order valence-electron chi connectivity index (χ4n) is 1.49. The number of carbonyl (C=O) groups excluding carboxylic acids is 1. The zero-order valence-electron chi connectivity index (χ0n) is 10.0. The van der Waals surface area contributed by atoms with Crippen molar-refractivity contribution in [2.45, 2.75) is 19.1 Å². The molecular formula is C10H13NO7Si. The molecule has 0 spiro atoms. The Labute approximate surface area is 109 Å². The largest absolute Gasteiger partial charge is 0.504 e. The first-order valence-corrected chi connectivity index (χ1v) is 7.35. The lowest BCUT2D eigenvalue weighted by Crippen LogP contribution is -2.37. The summed E-state index contributed by atoms with van der Waals surface area (Å²) in [5.41, 5.74) is -0.0229. The number of esters is 1. The van der Waals surface area contributed by atoms with Gasteiger partial charge >= 0.3 is 14.8 Å². The Morgan fingerprint density at radius 2 is 2.00 bits per heavy atom. The Morgan fingerprint density at radius 1 is 1.42 bits per heavy atom. The molecule has 1 aromatic rings. The molecule has 104 valence electrons. The minimum Gasteiger partial charge on any atom is -0.458 e. The molecular weight excluding hydrogens is 274 g/mol. The van der Waals surface area contributed by atoms with E-state index in [-0.39, 0.29) is 11.3 Å². The summed E-state index contributed by atoms with van der Waals surface area (Å²) in [6.07, 6.45) is -0.939. The Bertz CT molecular complexity index is 485. The number of carbonyl (C=O) groups is 1. The summed E-state index contributed by atoms with van der Waals surface area (Å²) in [7, 11) is -4.53. The molecule has 0 fully saturated rings. The van der Waals surface area contributed by atoms with E-state index in [0.717, 1.165) is 0 Å². The van der Waals surface area contributed by atoms with Crippen LogP contribution in [0.15, 0.2) is 24.3 Å². The van der Waals surface area contributed by atoms with Gasteiger partial charge in [0.1, 0.15) is 12.1 Å². The molecule has 3 N–H and O–H groups in total. The fourth-order valence-corrected chi connectivity index (χ4v) is 1.96. The lowest BCUT2D eigenvalue weighted by atomic mass is 10.1. The smallest absolute Gasteiger partial charge is 0.458 e. The number of ether oxygens (including phenoxy) is 1. The molecule has 0 radical (unpaired) electrons. The van der Waals surface area contributed by atoms with Gasteiger partial charge in [-0.3, -0.25) is 14.9 Å². The van der Waals surface area contributed by atoms with Gasteiger partial charge in [0, 0.05) is 6.07 Å². The SMILES string of the molecule is CC(OC(=O)C[Si](O)(O)O)c1ccccc1[N+](=O)[O-].